The summed E-state index contributed by atoms with van der Waals surface area (Å²) < 4.78 is 6.51. The number of hydrogen-bond donors (Lipinski definition) is 0. The van der Waals surface area contributed by atoms with Crippen LogP contribution >= 0.6 is 0 Å². The number of benzene rings is 6. The van der Waals surface area contributed by atoms with Crippen molar-refractivity contribution in [3.05, 3.63) is 151 Å². The van der Waals surface area contributed by atoms with Gasteiger partial charge in [0, 0.05) is 39.1 Å². The van der Waals surface area contributed by atoms with E-state index in [0.29, 0.717) is 11.8 Å². The highest BCUT2D eigenvalue weighted by molar-refractivity contribution is 6.07. The van der Waals surface area contributed by atoms with Gasteiger partial charge in [0.05, 0.1) is 11.4 Å². The van der Waals surface area contributed by atoms with Crippen molar-refractivity contribution in [1.82, 2.24) is 0 Å². The fourth-order valence-corrected chi connectivity index (χ4v) is 10.7. The summed E-state index contributed by atoms with van der Waals surface area (Å²) in [6, 6.07) is 51.5. The minimum atomic E-state index is 0.0282. The topological polar surface area (TPSA) is 16.4 Å². The third-order valence-corrected chi connectivity index (χ3v) is 12.4. The first kappa shape index (κ1) is 28.9. The largest absolute Gasteiger partial charge is 0.456 e. The zero-order valence-corrected chi connectivity index (χ0v) is 28.3. The third-order valence-electron chi connectivity index (χ3n) is 12.4. The summed E-state index contributed by atoms with van der Waals surface area (Å²) in [4.78, 5) is 2.52. The molecule has 2 heteroatoms. The minimum Gasteiger partial charge on any atom is -0.456 e. The predicted molar refractivity (Wildman–Crippen MR) is 204 cm³/mol. The van der Waals surface area contributed by atoms with E-state index < -0.39 is 0 Å². The molecule has 2 bridgehead atoms. The molecule has 2 saturated carbocycles. The van der Waals surface area contributed by atoms with Crippen molar-refractivity contribution in [2.45, 2.75) is 44.9 Å². The molecule has 49 heavy (non-hydrogen) atoms. The van der Waals surface area contributed by atoms with E-state index in [0.717, 1.165) is 39.5 Å². The molecule has 7 aromatic rings. The lowest BCUT2D eigenvalue weighted by Gasteiger charge is -2.54. The number of rotatable bonds is 4. The monoisotopic (exact) mass is 635 g/mol. The van der Waals surface area contributed by atoms with Gasteiger partial charge in [-0.25, -0.2) is 0 Å². The Labute approximate surface area is 289 Å². The van der Waals surface area contributed by atoms with Crippen LogP contribution in [-0.2, 0) is 5.41 Å². The molecule has 1 spiro atoms. The van der Waals surface area contributed by atoms with Gasteiger partial charge in [0.15, 0.2) is 0 Å². The summed E-state index contributed by atoms with van der Waals surface area (Å²) >= 11 is 0. The van der Waals surface area contributed by atoms with Crippen LogP contribution < -0.4 is 4.90 Å². The summed E-state index contributed by atoms with van der Waals surface area (Å²) in [5.74, 6) is 2.86. The first-order chi connectivity index (χ1) is 24.1. The van der Waals surface area contributed by atoms with Crippen LogP contribution in [0.15, 0.2) is 144 Å². The highest BCUT2D eigenvalue weighted by Gasteiger charge is 2.57. The van der Waals surface area contributed by atoms with Crippen LogP contribution in [0.2, 0.25) is 0 Å². The van der Waals surface area contributed by atoms with Crippen molar-refractivity contribution in [2.75, 3.05) is 4.90 Å². The molecule has 6 aromatic carbocycles. The van der Waals surface area contributed by atoms with E-state index in [2.05, 4.69) is 158 Å². The quantitative estimate of drug-likeness (QED) is 0.191. The number of nitrogens with zero attached hydrogens (tertiary/aromatic N) is 1. The first-order valence-electron chi connectivity index (χ1n) is 18.2. The number of fused-ring (bicyclic) bond motifs is 11. The average Bonchev–Trinajstić information content (AvgIpc) is 3.65. The molecule has 0 aliphatic heterocycles. The molecule has 5 unspecified atom stereocenters. The summed E-state index contributed by atoms with van der Waals surface area (Å²) in [6.45, 7) is 5.06. The van der Waals surface area contributed by atoms with Crippen LogP contribution in [0, 0.1) is 23.7 Å². The van der Waals surface area contributed by atoms with Crippen LogP contribution in [0.1, 0.15) is 50.7 Å². The van der Waals surface area contributed by atoms with E-state index >= 15 is 0 Å². The molecule has 0 N–H and O–H groups in total. The summed E-state index contributed by atoms with van der Waals surface area (Å²) in [5.41, 5.74) is 13.7. The lowest BCUT2D eigenvalue weighted by Crippen LogP contribution is -2.49. The van der Waals surface area contributed by atoms with Crippen molar-refractivity contribution in [3.8, 4) is 22.3 Å². The molecule has 2 fully saturated rings. The lowest BCUT2D eigenvalue weighted by atomic mass is 9.49. The minimum absolute atomic E-state index is 0.0282. The maximum atomic E-state index is 6.51. The van der Waals surface area contributed by atoms with Crippen molar-refractivity contribution in [3.63, 3.8) is 0 Å². The Bertz CT molecular complexity index is 2360. The third kappa shape index (κ3) is 4.19. The van der Waals surface area contributed by atoms with E-state index in [4.69, 9.17) is 4.42 Å². The van der Waals surface area contributed by atoms with E-state index in [1.165, 1.54) is 64.9 Å². The summed E-state index contributed by atoms with van der Waals surface area (Å²) in [7, 11) is 0. The summed E-state index contributed by atoms with van der Waals surface area (Å²) in [5, 5.41) is 2.30. The van der Waals surface area contributed by atoms with Crippen molar-refractivity contribution < 1.29 is 4.42 Å². The van der Waals surface area contributed by atoms with Gasteiger partial charge in [0.1, 0.15) is 11.2 Å². The molecule has 2 nitrogen and oxygen atoms in total. The van der Waals surface area contributed by atoms with Gasteiger partial charge in [0.25, 0.3) is 0 Å². The van der Waals surface area contributed by atoms with Crippen molar-refractivity contribution in [1.29, 1.82) is 0 Å². The standard InChI is InChI=1S/C47H41NO/c1-30-25-32-27-31(2)47(34(26-30)28-32)40-18-9-6-17-39(40)46-41(47)19-12-21-43(46)48(42-20-10-7-15-36(42)33-13-4-3-5-14-33)35-23-24-38-37-16-8-11-22-44(37)49-45(38)29-35/h3-24,29-32,34H,25-28H2,1-2H3. The lowest BCUT2D eigenvalue weighted by molar-refractivity contribution is 0.0426. The smallest absolute Gasteiger partial charge is 0.137 e. The second-order valence-electron chi connectivity index (χ2n) is 15.1. The van der Waals surface area contributed by atoms with Gasteiger partial charge in [-0.15, -0.1) is 0 Å². The van der Waals surface area contributed by atoms with Crippen molar-refractivity contribution in [2.24, 2.45) is 23.7 Å². The van der Waals surface area contributed by atoms with Crippen LogP contribution in [-0.4, -0.2) is 0 Å². The molecule has 0 amide bonds. The molecule has 240 valence electrons. The van der Waals surface area contributed by atoms with Gasteiger partial charge < -0.3 is 9.32 Å². The Morgan fingerprint density at radius 1 is 0.571 bits per heavy atom. The molecular weight excluding hydrogens is 595 g/mol. The van der Waals surface area contributed by atoms with Crippen LogP contribution in [0.3, 0.4) is 0 Å². The maximum Gasteiger partial charge on any atom is 0.137 e. The molecule has 3 aliphatic rings. The fraction of sp³-hybridized carbons (Fsp3) is 0.234. The zero-order chi connectivity index (χ0) is 32.7. The van der Waals surface area contributed by atoms with Crippen LogP contribution in [0.25, 0.3) is 44.2 Å². The molecule has 3 aliphatic carbocycles. The average molecular weight is 636 g/mol. The fourth-order valence-electron chi connectivity index (χ4n) is 10.7. The molecule has 1 heterocycles. The Kier molecular flexibility index (Phi) is 6.47. The SMILES string of the molecule is CC1CC2CC(C)C3(c4ccccc4-c4c(N(c5ccc6c(c5)oc5ccccc56)c5ccccc5-c5ccccc5)cccc43)C(C1)C2. The van der Waals surface area contributed by atoms with Gasteiger partial charge in [-0.05, 0) is 102 Å². The number of hydrogen-bond acceptors (Lipinski definition) is 2. The van der Waals surface area contributed by atoms with Crippen LogP contribution in [0.5, 0.6) is 0 Å². The van der Waals surface area contributed by atoms with E-state index in [9.17, 15) is 0 Å². The van der Waals surface area contributed by atoms with Gasteiger partial charge in [-0.1, -0.05) is 117 Å². The van der Waals surface area contributed by atoms with Gasteiger partial charge in [0.2, 0.25) is 0 Å². The number of para-hydroxylation sites is 2. The Balaban J connectivity index is 1.26. The van der Waals surface area contributed by atoms with Gasteiger partial charge >= 0.3 is 0 Å². The van der Waals surface area contributed by atoms with Crippen LogP contribution in [0.4, 0.5) is 17.1 Å². The van der Waals surface area contributed by atoms with E-state index in [1.54, 1.807) is 5.56 Å². The van der Waals surface area contributed by atoms with Gasteiger partial charge in [-0.3, -0.25) is 0 Å². The number of anilines is 3. The first-order valence-corrected chi connectivity index (χ1v) is 18.2. The molecule has 0 radical (unpaired) electrons. The highest BCUT2D eigenvalue weighted by atomic mass is 16.3. The molecular formula is C47H41NO. The normalized spacial score (nSPS) is 23.9. The number of furan rings is 1. The van der Waals surface area contributed by atoms with Gasteiger partial charge in [-0.2, -0.15) is 0 Å². The maximum absolute atomic E-state index is 6.51. The molecule has 5 atom stereocenters. The molecule has 1 aromatic heterocycles. The zero-order valence-electron chi connectivity index (χ0n) is 28.3. The Morgan fingerprint density at radius 2 is 1.29 bits per heavy atom. The predicted octanol–water partition coefficient (Wildman–Crippen LogP) is 13.1. The van der Waals surface area contributed by atoms with E-state index in [1.807, 2.05) is 0 Å². The highest BCUT2D eigenvalue weighted by Crippen LogP contribution is 2.66. The second kappa shape index (κ2) is 11.0. The Hall–Kier alpha value is -5.08. The summed E-state index contributed by atoms with van der Waals surface area (Å²) in [6.07, 6.45) is 5.35. The molecule has 0 saturated heterocycles. The second-order valence-corrected chi connectivity index (χ2v) is 15.1. The molecule has 10 rings (SSSR count). The van der Waals surface area contributed by atoms with E-state index in [-0.39, 0.29) is 5.41 Å². The Morgan fingerprint density at radius 3 is 2.18 bits per heavy atom. The van der Waals surface area contributed by atoms with Crippen molar-refractivity contribution >= 4 is 39.0 Å².